The first-order valence-electron chi connectivity index (χ1n) is 8.24. The van der Waals surface area contributed by atoms with Crippen molar-refractivity contribution in [3.63, 3.8) is 0 Å². The number of aromatic nitrogens is 5. The molecule has 0 radical (unpaired) electrons. The maximum Gasteiger partial charge on any atom is 0.262 e. The Morgan fingerprint density at radius 2 is 1.66 bits per heavy atom. The molecule has 0 amide bonds. The van der Waals surface area contributed by atoms with E-state index in [0.29, 0.717) is 11.3 Å². The quantitative estimate of drug-likeness (QED) is 0.250. The predicted molar refractivity (Wildman–Crippen MR) is 107 cm³/mol. The largest absolute Gasteiger partial charge is 0.504 e. The van der Waals surface area contributed by atoms with E-state index < -0.39 is 11.1 Å². The third-order valence-electron chi connectivity index (χ3n) is 4.37. The van der Waals surface area contributed by atoms with Crippen molar-refractivity contribution < 1.29 is 9.84 Å². The van der Waals surface area contributed by atoms with Crippen molar-refractivity contribution in [2.24, 2.45) is 0 Å². The molecule has 0 aliphatic carbocycles. The molecule has 4 aromatic rings. The number of phenolic OH excluding ortho intramolecular Hbond substituents is 1. The van der Waals surface area contributed by atoms with Crippen LogP contribution in [0.3, 0.4) is 0 Å². The van der Waals surface area contributed by atoms with Crippen LogP contribution in [0.1, 0.15) is 0 Å². The number of nitrogens with two attached hydrogens (primary N) is 3. The number of phenols is 1. The molecule has 3 heterocycles. The minimum Gasteiger partial charge on any atom is -0.504 e. The smallest absolute Gasteiger partial charge is 0.262 e. The van der Waals surface area contributed by atoms with Crippen LogP contribution in [0.5, 0.6) is 11.5 Å². The topological polar surface area (TPSA) is 215 Å². The van der Waals surface area contributed by atoms with Crippen LogP contribution < -0.4 is 33.1 Å². The Kier molecular flexibility index (Phi) is 3.89. The summed E-state index contributed by atoms with van der Waals surface area (Å²) in [4.78, 5) is 41.0. The normalized spacial score (nSPS) is 11.1. The molecule has 12 nitrogen and oxygen atoms in total. The zero-order valence-electron chi connectivity index (χ0n) is 15.0. The standard InChI is InChI=1S/C17H16N8O4/c1-29-7-4-5(2-3-6(7)26)11-8(9-12(18)22-16(19)24-14(9)27)10-13(21-11)23-17(20)25-15(10)28/h2-4,26H,1H3,(H5,18,19,22,24,27)(H4,20,21,23,25,28). The number of H-pyrrole nitrogens is 3. The summed E-state index contributed by atoms with van der Waals surface area (Å²) in [6, 6.07) is 4.50. The maximum atomic E-state index is 12.7. The summed E-state index contributed by atoms with van der Waals surface area (Å²) in [5.41, 5.74) is 17.0. The summed E-state index contributed by atoms with van der Waals surface area (Å²) in [5, 5.41) is 9.95. The lowest BCUT2D eigenvalue weighted by molar-refractivity contribution is 0.373. The zero-order chi connectivity index (χ0) is 20.9. The molecule has 148 valence electrons. The Balaban J connectivity index is 2.17. The van der Waals surface area contributed by atoms with Gasteiger partial charge in [-0.05, 0) is 18.2 Å². The summed E-state index contributed by atoms with van der Waals surface area (Å²) in [6.07, 6.45) is 0. The number of fused-ring (bicyclic) bond motifs is 1. The van der Waals surface area contributed by atoms with Crippen LogP contribution in [0.2, 0.25) is 0 Å². The Hall–Kier alpha value is -4.48. The number of nitrogens with one attached hydrogen (secondary N) is 3. The second kappa shape index (κ2) is 6.30. The molecular weight excluding hydrogens is 380 g/mol. The Morgan fingerprint density at radius 3 is 2.34 bits per heavy atom. The molecule has 29 heavy (non-hydrogen) atoms. The van der Waals surface area contributed by atoms with Gasteiger partial charge in [-0.2, -0.15) is 9.97 Å². The summed E-state index contributed by atoms with van der Waals surface area (Å²) >= 11 is 0. The van der Waals surface area contributed by atoms with Crippen molar-refractivity contribution in [2.75, 3.05) is 24.3 Å². The third-order valence-corrected chi connectivity index (χ3v) is 4.37. The molecule has 1 aromatic carbocycles. The molecule has 0 spiro atoms. The highest BCUT2D eigenvalue weighted by atomic mass is 16.5. The molecule has 0 unspecified atom stereocenters. The molecule has 3 aromatic heterocycles. The number of rotatable bonds is 3. The lowest BCUT2D eigenvalue weighted by Crippen LogP contribution is -2.18. The van der Waals surface area contributed by atoms with E-state index in [1.165, 1.54) is 19.2 Å². The van der Waals surface area contributed by atoms with Crippen LogP contribution in [0.25, 0.3) is 33.4 Å². The highest BCUT2D eigenvalue weighted by molar-refractivity contribution is 6.04. The first-order valence-corrected chi connectivity index (χ1v) is 8.24. The van der Waals surface area contributed by atoms with E-state index in [4.69, 9.17) is 21.9 Å². The molecule has 0 saturated carbocycles. The predicted octanol–water partition coefficient (Wildman–Crippen LogP) is 0.129. The fraction of sp³-hybridized carbons (Fsp3) is 0.0588. The third kappa shape index (κ3) is 2.79. The molecule has 0 aliphatic rings. The van der Waals surface area contributed by atoms with E-state index in [1.807, 2.05) is 0 Å². The van der Waals surface area contributed by atoms with Gasteiger partial charge in [-0.3, -0.25) is 19.6 Å². The second-order valence-electron chi connectivity index (χ2n) is 6.15. The highest BCUT2D eigenvalue weighted by Gasteiger charge is 2.24. The van der Waals surface area contributed by atoms with Gasteiger partial charge in [0, 0.05) is 11.1 Å². The van der Waals surface area contributed by atoms with Crippen LogP contribution in [-0.4, -0.2) is 37.1 Å². The van der Waals surface area contributed by atoms with Gasteiger partial charge in [-0.25, -0.2) is 0 Å². The summed E-state index contributed by atoms with van der Waals surface area (Å²) in [7, 11) is 1.39. The van der Waals surface area contributed by atoms with Crippen molar-refractivity contribution in [1.29, 1.82) is 0 Å². The van der Waals surface area contributed by atoms with E-state index >= 15 is 0 Å². The van der Waals surface area contributed by atoms with Crippen molar-refractivity contribution >= 4 is 28.7 Å². The van der Waals surface area contributed by atoms with Crippen LogP contribution >= 0.6 is 0 Å². The summed E-state index contributed by atoms with van der Waals surface area (Å²) in [6.45, 7) is 0. The average Bonchev–Trinajstić information content (AvgIpc) is 3.00. The molecule has 10 N–H and O–H groups in total. The van der Waals surface area contributed by atoms with Gasteiger partial charge in [0.05, 0.1) is 23.8 Å². The Labute approximate surface area is 161 Å². The fourth-order valence-corrected chi connectivity index (χ4v) is 3.17. The van der Waals surface area contributed by atoms with Gasteiger partial charge in [-0.1, -0.05) is 0 Å². The number of nitrogens with zero attached hydrogens (tertiary/aromatic N) is 2. The van der Waals surface area contributed by atoms with Gasteiger partial charge >= 0.3 is 0 Å². The number of aromatic amines is 3. The van der Waals surface area contributed by atoms with E-state index in [1.54, 1.807) is 6.07 Å². The van der Waals surface area contributed by atoms with Gasteiger partial charge < -0.3 is 32.0 Å². The van der Waals surface area contributed by atoms with Crippen LogP contribution in [0, 0.1) is 0 Å². The minimum absolute atomic E-state index is 0.0602. The van der Waals surface area contributed by atoms with E-state index in [2.05, 4.69) is 24.9 Å². The van der Waals surface area contributed by atoms with Crippen molar-refractivity contribution in [2.45, 2.75) is 0 Å². The molecule has 0 fully saturated rings. The van der Waals surface area contributed by atoms with Crippen molar-refractivity contribution in [1.82, 2.24) is 24.9 Å². The van der Waals surface area contributed by atoms with E-state index in [-0.39, 0.29) is 51.4 Å². The number of hydrogen-bond acceptors (Lipinski definition) is 9. The molecule has 0 saturated heterocycles. The fourth-order valence-electron chi connectivity index (χ4n) is 3.17. The van der Waals surface area contributed by atoms with Crippen LogP contribution in [0.15, 0.2) is 27.8 Å². The second-order valence-corrected chi connectivity index (χ2v) is 6.15. The monoisotopic (exact) mass is 396 g/mol. The number of ether oxygens (including phenoxy) is 1. The van der Waals surface area contributed by atoms with Gasteiger partial charge in [0.15, 0.2) is 11.5 Å². The number of aromatic hydroxyl groups is 1. The van der Waals surface area contributed by atoms with Crippen LogP contribution in [-0.2, 0) is 0 Å². The summed E-state index contributed by atoms with van der Waals surface area (Å²) in [5.74, 6) is -0.343. The number of methoxy groups -OCH3 is 1. The molecular formula is C17H16N8O4. The Bertz CT molecular complexity index is 1380. The number of benzene rings is 1. The molecule has 12 heteroatoms. The number of anilines is 3. The van der Waals surface area contributed by atoms with Crippen molar-refractivity contribution in [3.8, 4) is 33.9 Å². The SMILES string of the molecule is COc1cc(-c2[nH]c3nc(N)[nH]c(=O)c3c2-c2c(N)nc(N)[nH]c2=O)ccc1O. The lowest BCUT2D eigenvalue weighted by Gasteiger charge is -2.09. The van der Waals surface area contributed by atoms with Gasteiger partial charge in [0.1, 0.15) is 11.5 Å². The van der Waals surface area contributed by atoms with E-state index in [0.717, 1.165) is 0 Å². The maximum absolute atomic E-state index is 12.7. The van der Waals surface area contributed by atoms with Crippen molar-refractivity contribution in [3.05, 3.63) is 38.9 Å². The highest BCUT2D eigenvalue weighted by Crippen LogP contribution is 2.39. The summed E-state index contributed by atoms with van der Waals surface area (Å²) < 4.78 is 5.14. The van der Waals surface area contributed by atoms with Gasteiger partial charge in [0.25, 0.3) is 11.1 Å². The van der Waals surface area contributed by atoms with E-state index in [9.17, 15) is 14.7 Å². The molecule has 0 bridgehead atoms. The lowest BCUT2D eigenvalue weighted by atomic mass is 10.00. The first kappa shape index (κ1) is 17.9. The minimum atomic E-state index is -0.640. The zero-order valence-corrected chi connectivity index (χ0v) is 15.0. The van der Waals surface area contributed by atoms with Gasteiger partial charge in [0.2, 0.25) is 11.9 Å². The molecule has 0 atom stereocenters. The first-order chi connectivity index (χ1) is 13.8. The molecule has 0 aliphatic heterocycles. The molecule has 4 rings (SSSR count). The number of nitrogen functional groups attached to an aromatic ring is 3. The average molecular weight is 396 g/mol. The number of hydrogen-bond donors (Lipinski definition) is 7. The van der Waals surface area contributed by atoms with Gasteiger partial charge in [-0.15, -0.1) is 0 Å². The van der Waals surface area contributed by atoms with Crippen LogP contribution in [0.4, 0.5) is 17.7 Å². The Morgan fingerprint density at radius 1 is 0.966 bits per heavy atom.